The van der Waals surface area contributed by atoms with Gasteiger partial charge in [0.2, 0.25) is 11.8 Å². The number of hydrogen-bond donors (Lipinski definition) is 1. The van der Waals surface area contributed by atoms with Crippen LogP contribution >= 0.6 is 0 Å². The number of benzene rings is 3. The van der Waals surface area contributed by atoms with E-state index in [2.05, 4.69) is 15.5 Å². The third-order valence-corrected chi connectivity index (χ3v) is 4.60. The molecule has 1 atom stereocenters. The lowest BCUT2D eigenvalue weighted by Crippen LogP contribution is -2.33. The van der Waals surface area contributed by atoms with Gasteiger partial charge in [-0.3, -0.25) is 4.79 Å². The summed E-state index contributed by atoms with van der Waals surface area (Å²) in [7, 11) is 0. The SMILES string of the molecule is Cc1ccccc1OCC(=O)N[C@@H](c1ccccc1)c1nnc(-c2ccccc2)o1. The first-order valence-corrected chi connectivity index (χ1v) is 9.62. The van der Waals surface area contributed by atoms with Gasteiger partial charge in [-0.15, -0.1) is 10.2 Å². The lowest BCUT2D eigenvalue weighted by molar-refractivity contribution is -0.123. The molecule has 0 bridgehead atoms. The molecule has 1 amide bonds. The lowest BCUT2D eigenvalue weighted by Gasteiger charge is -2.16. The molecule has 0 aliphatic rings. The average Bonchev–Trinajstić information content (AvgIpc) is 3.28. The maximum absolute atomic E-state index is 12.6. The summed E-state index contributed by atoms with van der Waals surface area (Å²) in [6.07, 6.45) is 0. The number of ether oxygens (including phenoxy) is 1. The molecule has 0 unspecified atom stereocenters. The zero-order valence-corrected chi connectivity index (χ0v) is 16.5. The first kappa shape index (κ1) is 19.4. The summed E-state index contributed by atoms with van der Waals surface area (Å²) >= 11 is 0. The van der Waals surface area contributed by atoms with E-state index in [1.54, 1.807) is 0 Å². The smallest absolute Gasteiger partial charge is 0.258 e. The minimum Gasteiger partial charge on any atom is -0.484 e. The number of aromatic nitrogens is 2. The van der Waals surface area contributed by atoms with Crippen molar-refractivity contribution in [2.24, 2.45) is 0 Å². The van der Waals surface area contributed by atoms with Crippen LogP contribution in [-0.4, -0.2) is 22.7 Å². The molecule has 4 aromatic rings. The van der Waals surface area contributed by atoms with Gasteiger partial charge in [0, 0.05) is 5.56 Å². The van der Waals surface area contributed by atoms with E-state index in [-0.39, 0.29) is 12.5 Å². The number of aryl methyl sites for hydroxylation is 1. The molecule has 1 aromatic heterocycles. The molecule has 0 saturated heterocycles. The van der Waals surface area contributed by atoms with Gasteiger partial charge >= 0.3 is 0 Å². The summed E-state index contributed by atoms with van der Waals surface area (Å²) in [4.78, 5) is 12.6. The van der Waals surface area contributed by atoms with Gasteiger partial charge in [-0.2, -0.15) is 0 Å². The largest absolute Gasteiger partial charge is 0.484 e. The Hall–Kier alpha value is -3.93. The van der Waals surface area contributed by atoms with Gasteiger partial charge in [0.15, 0.2) is 6.61 Å². The summed E-state index contributed by atoms with van der Waals surface area (Å²) in [5, 5.41) is 11.3. The lowest BCUT2D eigenvalue weighted by atomic mass is 10.1. The number of rotatable bonds is 7. The van der Waals surface area contributed by atoms with Crippen LogP contribution in [0.5, 0.6) is 5.75 Å². The van der Waals surface area contributed by atoms with Gasteiger partial charge in [-0.1, -0.05) is 66.7 Å². The number of carbonyl (C=O) groups is 1. The Morgan fingerprint density at radius 1 is 0.933 bits per heavy atom. The maximum Gasteiger partial charge on any atom is 0.258 e. The van der Waals surface area contributed by atoms with Gasteiger partial charge in [0.05, 0.1) is 0 Å². The first-order valence-electron chi connectivity index (χ1n) is 9.62. The Bertz CT molecular complexity index is 1110. The van der Waals surface area contributed by atoms with Crippen LogP contribution in [0.1, 0.15) is 23.1 Å². The highest BCUT2D eigenvalue weighted by Crippen LogP contribution is 2.25. The third-order valence-electron chi connectivity index (χ3n) is 4.60. The van der Waals surface area contributed by atoms with Crippen LogP contribution in [0.2, 0.25) is 0 Å². The van der Waals surface area contributed by atoms with Crippen LogP contribution in [0.15, 0.2) is 89.3 Å². The van der Waals surface area contributed by atoms with E-state index in [9.17, 15) is 4.79 Å². The second kappa shape index (κ2) is 9.05. The molecule has 0 aliphatic heterocycles. The zero-order chi connectivity index (χ0) is 20.8. The minimum absolute atomic E-state index is 0.117. The van der Waals surface area contributed by atoms with Crippen molar-refractivity contribution in [1.82, 2.24) is 15.5 Å². The van der Waals surface area contributed by atoms with E-state index < -0.39 is 6.04 Å². The molecule has 30 heavy (non-hydrogen) atoms. The molecule has 6 heteroatoms. The summed E-state index contributed by atoms with van der Waals surface area (Å²) in [5.74, 6) is 1.10. The molecule has 0 radical (unpaired) electrons. The van der Waals surface area contributed by atoms with E-state index in [4.69, 9.17) is 9.15 Å². The molecule has 6 nitrogen and oxygen atoms in total. The standard InChI is InChI=1S/C24H21N3O3/c1-17-10-8-9-15-20(17)29-16-21(28)25-22(18-11-4-2-5-12-18)24-27-26-23(30-24)19-13-6-3-7-14-19/h2-15,22H,16H2,1H3,(H,25,28)/t22-/m0/s1. The molecule has 0 saturated carbocycles. The van der Waals surface area contributed by atoms with Crippen LogP contribution in [0, 0.1) is 6.92 Å². The van der Waals surface area contributed by atoms with Crippen LogP contribution in [0.3, 0.4) is 0 Å². The number of hydrogen-bond acceptors (Lipinski definition) is 5. The fourth-order valence-electron chi connectivity index (χ4n) is 3.05. The second-order valence-corrected chi connectivity index (χ2v) is 6.78. The van der Waals surface area contributed by atoms with Crippen molar-refractivity contribution >= 4 is 5.91 Å². The monoisotopic (exact) mass is 399 g/mol. The molecule has 3 aromatic carbocycles. The Balaban J connectivity index is 1.53. The minimum atomic E-state index is -0.580. The van der Waals surface area contributed by atoms with Gasteiger partial charge in [-0.25, -0.2) is 0 Å². The van der Waals surface area contributed by atoms with Crippen molar-refractivity contribution in [2.75, 3.05) is 6.61 Å². The van der Waals surface area contributed by atoms with E-state index in [0.717, 1.165) is 16.7 Å². The van der Waals surface area contributed by atoms with Crippen molar-refractivity contribution in [3.8, 4) is 17.2 Å². The third kappa shape index (κ3) is 4.55. The Kier molecular flexibility index (Phi) is 5.85. The summed E-state index contributed by atoms with van der Waals surface area (Å²) in [6, 6.07) is 26.0. The highest BCUT2D eigenvalue weighted by Gasteiger charge is 2.23. The van der Waals surface area contributed by atoms with Crippen molar-refractivity contribution in [3.63, 3.8) is 0 Å². The van der Waals surface area contributed by atoms with Gasteiger partial charge in [-0.05, 0) is 36.2 Å². The summed E-state index contributed by atoms with van der Waals surface area (Å²) in [5.41, 5.74) is 2.62. The molecule has 1 heterocycles. The predicted molar refractivity (Wildman–Crippen MR) is 113 cm³/mol. The van der Waals surface area contributed by atoms with Gasteiger partial charge < -0.3 is 14.5 Å². The number of nitrogens with zero attached hydrogens (tertiary/aromatic N) is 2. The van der Waals surface area contributed by atoms with Crippen LogP contribution in [-0.2, 0) is 4.79 Å². The molecule has 1 N–H and O–H groups in total. The van der Waals surface area contributed by atoms with Crippen molar-refractivity contribution in [2.45, 2.75) is 13.0 Å². The fourth-order valence-corrected chi connectivity index (χ4v) is 3.05. The molecular weight excluding hydrogens is 378 g/mol. The quantitative estimate of drug-likeness (QED) is 0.501. The number of carbonyl (C=O) groups excluding carboxylic acids is 1. The van der Waals surface area contributed by atoms with Crippen molar-refractivity contribution in [1.29, 1.82) is 0 Å². The number of para-hydroxylation sites is 1. The van der Waals surface area contributed by atoms with E-state index >= 15 is 0 Å². The summed E-state index contributed by atoms with van der Waals surface area (Å²) < 4.78 is 11.6. The van der Waals surface area contributed by atoms with Crippen LogP contribution < -0.4 is 10.1 Å². The fraction of sp³-hybridized carbons (Fsp3) is 0.125. The zero-order valence-electron chi connectivity index (χ0n) is 16.5. The van der Waals surface area contributed by atoms with Gasteiger partial charge in [0.25, 0.3) is 5.91 Å². The Labute approximate surface area is 174 Å². The Morgan fingerprint density at radius 3 is 2.33 bits per heavy atom. The van der Waals surface area contributed by atoms with E-state index in [1.807, 2.05) is 91.9 Å². The average molecular weight is 399 g/mol. The predicted octanol–water partition coefficient (Wildman–Crippen LogP) is 4.33. The van der Waals surface area contributed by atoms with Crippen LogP contribution in [0.25, 0.3) is 11.5 Å². The second-order valence-electron chi connectivity index (χ2n) is 6.78. The van der Waals surface area contributed by atoms with Crippen molar-refractivity contribution < 1.29 is 13.9 Å². The molecule has 150 valence electrons. The molecular formula is C24H21N3O3. The van der Waals surface area contributed by atoms with Crippen molar-refractivity contribution in [3.05, 3.63) is 102 Å². The normalized spacial score (nSPS) is 11.6. The molecule has 0 spiro atoms. The summed E-state index contributed by atoms with van der Waals surface area (Å²) in [6.45, 7) is 1.82. The topological polar surface area (TPSA) is 77.2 Å². The number of amides is 1. The Morgan fingerprint density at radius 2 is 1.60 bits per heavy atom. The highest BCUT2D eigenvalue weighted by atomic mass is 16.5. The molecule has 0 aliphatic carbocycles. The molecule has 0 fully saturated rings. The van der Waals surface area contributed by atoms with E-state index in [0.29, 0.717) is 17.5 Å². The van der Waals surface area contributed by atoms with E-state index in [1.165, 1.54) is 0 Å². The first-order chi connectivity index (χ1) is 14.7. The van der Waals surface area contributed by atoms with Gasteiger partial charge in [0.1, 0.15) is 11.8 Å². The maximum atomic E-state index is 12.6. The van der Waals surface area contributed by atoms with Crippen LogP contribution in [0.4, 0.5) is 0 Å². The molecule has 4 rings (SSSR count). The highest BCUT2D eigenvalue weighted by molar-refractivity contribution is 5.78. The number of nitrogens with one attached hydrogen (secondary N) is 1.